The molecule has 1 aliphatic rings. The van der Waals surface area contributed by atoms with E-state index < -0.39 is 0 Å². The molecule has 84 valence electrons. The first-order valence-electron chi connectivity index (χ1n) is 5.24. The predicted octanol–water partition coefficient (Wildman–Crippen LogP) is 2.80. The van der Waals surface area contributed by atoms with Gasteiger partial charge < -0.3 is 4.74 Å². The number of rotatable bonds is 3. The van der Waals surface area contributed by atoms with Crippen LogP contribution in [-0.4, -0.2) is 12.9 Å². The van der Waals surface area contributed by atoms with E-state index in [9.17, 15) is 9.18 Å². The molecule has 0 amide bonds. The number of Topliss-reactive ketones (excluding diaryl/α,β-unsaturated/α-hetero) is 1. The summed E-state index contributed by atoms with van der Waals surface area (Å²) in [6.07, 6.45) is 2.86. The standard InChI is InChI=1S/C13H13FO2/c1-16-13(11-3-2-4-12(11)15)9-5-7-10(14)8-6-9/h3,5-8,13H,2,4H2,1H3. The topological polar surface area (TPSA) is 26.3 Å². The molecule has 0 heterocycles. The van der Waals surface area contributed by atoms with Crippen molar-refractivity contribution in [3.05, 3.63) is 47.3 Å². The Morgan fingerprint density at radius 3 is 2.50 bits per heavy atom. The molecule has 0 saturated heterocycles. The monoisotopic (exact) mass is 220 g/mol. The van der Waals surface area contributed by atoms with Gasteiger partial charge in [0.05, 0.1) is 0 Å². The summed E-state index contributed by atoms with van der Waals surface area (Å²) < 4.78 is 18.1. The third-order valence-corrected chi connectivity index (χ3v) is 2.75. The lowest BCUT2D eigenvalue weighted by atomic mass is 10.0. The van der Waals surface area contributed by atoms with Crippen LogP contribution in [0.2, 0.25) is 0 Å². The molecule has 1 atom stereocenters. The van der Waals surface area contributed by atoms with Crippen molar-refractivity contribution in [2.24, 2.45) is 0 Å². The number of benzene rings is 1. The quantitative estimate of drug-likeness (QED) is 0.783. The molecule has 0 aromatic heterocycles. The minimum absolute atomic E-state index is 0.121. The van der Waals surface area contributed by atoms with Crippen molar-refractivity contribution >= 4 is 5.78 Å². The van der Waals surface area contributed by atoms with Crippen molar-refractivity contribution in [2.75, 3.05) is 7.11 Å². The van der Waals surface area contributed by atoms with Gasteiger partial charge in [0.25, 0.3) is 0 Å². The summed E-state index contributed by atoms with van der Waals surface area (Å²) in [5.41, 5.74) is 1.50. The highest BCUT2D eigenvalue weighted by Crippen LogP contribution is 2.30. The number of carbonyl (C=O) groups is 1. The van der Waals surface area contributed by atoms with Crippen LogP contribution in [0.1, 0.15) is 24.5 Å². The maximum Gasteiger partial charge on any atom is 0.161 e. The molecule has 0 fully saturated rings. The van der Waals surface area contributed by atoms with Crippen molar-refractivity contribution in [3.63, 3.8) is 0 Å². The molecule has 3 heteroatoms. The lowest BCUT2D eigenvalue weighted by Crippen LogP contribution is -2.10. The highest BCUT2D eigenvalue weighted by Gasteiger charge is 2.25. The Bertz CT molecular complexity index is 420. The second-order valence-corrected chi connectivity index (χ2v) is 3.79. The van der Waals surface area contributed by atoms with E-state index in [2.05, 4.69) is 0 Å². The maximum absolute atomic E-state index is 12.8. The average molecular weight is 220 g/mol. The molecule has 1 aromatic carbocycles. The van der Waals surface area contributed by atoms with Gasteiger partial charge in [0, 0.05) is 19.1 Å². The van der Waals surface area contributed by atoms with Crippen LogP contribution in [0.25, 0.3) is 0 Å². The normalized spacial score (nSPS) is 17.4. The Morgan fingerprint density at radius 2 is 2.00 bits per heavy atom. The average Bonchev–Trinajstić information content (AvgIpc) is 2.69. The number of hydrogen-bond donors (Lipinski definition) is 0. The number of ketones is 1. The molecule has 0 saturated carbocycles. The maximum atomic E-state index is 12.8. The van der Waals surface area contributed by atoms with Gasteiger partial charge in [-0.2, -0.15) is 0 Å². The van der Waals surface area contributed by atoms with Crippen LogP contribution in [0.3, 0.4) is 0 Å². The van der Waals surface area contributed by atoms with E-state index in [1.54, 1.807) is 19.2 Å². The van der Waals surface area contributed by atoms with Crippen LogP contribution in [0.15, 0.2) is 35.9 Å². The van der Waals surface area contributed by atoms with Gasteiger partial charge in [0.2, 0.25) is 0 Å². The lowest BCUT2D eigenvalue weighted by Gasteiger charge is -2.16. The zero-order valence-corrected chi connectivity index (χ0v) is 9.07. The lowest BCUT2D eigenvalue weighted by molar-refractivity contribution is -0.116. The third kappa shape index (κ3) is 2.04. The summed E-state index contributed by atoms with van der Waals surface area (Å²) in [5.74, 6) is -0.165. The number of allylic oxidation sites excluding steroid dienone is 1. The molecular weight excluding hydrogens is 207 g/mol. The van der Waals surface area contributed by atoms with Gasteiger partial charge >= 0.3 is 0 Å². The first-order valence-corrected chi connectivity index (χ1v) is 5.24. The molecule has 1 aromatic rings. The number of halogens is 1. The van der Waals surface area contributed by atoms with Crippen molar-refractivity contribution in [1.29, 1.82) is 0 Å². The van der Waals surface area contributed by atoms with E-state index in [4.69, 9.17) is 4.74 Å². The SMILES string of the molecule is COC(C1=CCCC1=O)c1ccc(F)cc1. The van der Waals surface area contributed by atoms with E-state index in [0.717, 1.165) is 12.0 Å². The second-order valence-electron chi connectivity index (χ2n) is 3.79. The van der Waals surface area contributed by atoms with Crippen molar-refractivity contribution in [1.82, 2.24) is 0 Å². The first kappa shape index (κ1) is 11.0. The molecule has 0 radical (unpaired) electrons. The molecule has 0 aliphatic heterocycles. The van der Waals surface area contributed by atoms with Gasteiger partial charge in [-0.15, -0.1) is 0 Å². The van der Waals surface area contributed by atoms with Gasteiger partial charge in [-0.05, 0) is 24.1 Å². The molecule has 0 N–H and O–H groups in total. The van der Waals surface area contributed by atoms with Crippen LogP contribution in [-0.2, 0) is 9.53 Å². The van der Waals surface area contributed by atoms with Crippen molar-refractivity contribution in [3.8, 4) is 0 Å². The highest BCUT2D eigenvalue weighted by atomic mass is 19.1. The van der Waals surface area contributed by atoms with E-state index in [0.29, 0.717) is 12.0 Å². The first-order chi connectivity index (χ1) is 7.72. The predicted molar refractivity (Wildman–Crippen MR) is 58.5 cm³/mol. The summed E-state index contributed by atoms with van der Waals surface area (Å²) in [6, 6.07) is 6.05. The minimum Gasteiger partial charge on any atom is -0.372 e. The fourth-order valence-corrected chi connectivity index (χ4v) is 1.95. The summed E-state index contributed by atoms with van der Waals surface area (Å²) in [6.45, 7) is 0. The van der Waals surface area contributed by atoms with Gasteiger partial charge in [-0.25, -0.2) is 4.39 Å². The van der Waals surface area contributed by atoms with E-state index >= 15 is 0 Å². The zero-order chi connectivity index (χ0) is 11.5. The van der Waals surface area contributed by atoms with Gasteiger partial charge in [-0.3, -0.25) is 4.79 Å². The van der Waals surface area contributed by atoms with Crippen LogP contribution < -0.4 is 0 Å². The van der Waals surface area contributed by atoms with Crippen LogP contribution >= 0.6 is 0 Å². The largest absolute Gasteiger partial charge is 0.372 e. The number of methoxy groups -OCH3 is 1. The molecule has 0 spiro atoms. The summed E-state index contributed by atoms with van der Waals surface area (Å²) in [7, 11) is 1.56. The van der Waals surface area contributed by atoms with Crippen molar-refractivity contribution in [2.45, 2.75) is 18.9 Å². The zero-order valence-electron chi connectivity index (χ0n) is 9.07. The van der Waals surface area contributed by atoms with E-state index in [-0.39, 0.29) is 17.7 Å². The van der Waals surface area contributed by atoms with Crippen LogP contribution in [0.4, 0.5) is 4.39 Å². The van der Waals surface area contributed by atoms with E-state index in [1.165, 1.54) is 12.1 Å². The fraction of sp³-hybridized carbons (Fsp3) is 0.308. The Kier molecular flexibility index (Phi) is 3.15. The Morgan fingerprint density at radius 1 is 1.31 bits per heavy atom. The minimum atomic E-state index is -0.365. The van der Waals surface area contributed by atoms with Crippen LogP contribution in [0.5, 0.6) is 0 Å². The molecule has 1 unspecified atom stereocenters. The molecule has 0 bridgehead atoms. The molecule has 1 aliphatic carbocycles. The fourth-order valence-electron chi connectivity index (χ4n) is 1.95. The van der Waals surface area contributed by atoms with Gasteiger partial charge in [0.15, 0.2) is 5.78 Å². The molecule has 16 heavy (non-hydrogen) atoms. The van der Waals surface area contributed by atoms with Gasteiger partial charge in [-0.1, -0.05) is 18.2 Å². The number of hydrogen-bond acceptors (Lipinski definition) is 2. The van der Waals surface area contributed by atoms with Crippen LogP contribution in [0, 0.1) is 5.82 Å². The summed E-state index contributed by atoms with van der Waals surface area (Å²) in [4.78, 5) is 11.6. The number of carbonyl (C=O) groups excluding carboxylic acids is 1. The highest BCUT2D eigenvalue weighted by molar-refractivity contribution is 5.98. The van der Waals surface area contributed by atoms with E-state index in [1.807, 2.05) is 6.08 Å². The molecule has 2 rings (SSSR count). The molecule has 2 nitrogen and oxygen atoms in total. The van der Waals surface area contributed by atoms with Crippen molar-refractivity contribution < 1.29 is 13.9 Å². The molecular formula is C13H13FO2. The third-order valence-electron chi connectivity index (χ3n) is 2.75. The summed E-state index contributed by atoms with van der Waals surface area (Å²) in [5, 5.41) is 0. The Hall–Kier alpha value is -1.48. The smallest absolute Gasteiger partial charge is 0.161 e. The summed E-state index contributed by atoms with van der Waals surface area (Å²) >= 11 is 0. The Labute approximate surface area is 93.7 Å². The van der Waals surface area contributed by atoms with Gasteiger partial charge in [0.1, 0.15) is 11.9 Å². The Balaban J connectivity index is 2.29. The second kappa shape index (κ2) is 4.58. The number of ether oxygens (including phenoxy) is 1.